The van der Waals surface area contributed by atoms with Crippen LogP contribution in [-0.4, -0.2) is 68.1 Å². The molecule has 0 aliphatic rings. The minimum Gasteiger partial charge on any atom is -0.465 e. The molecule has 1 atom stereocenters. The molecule has 2 aromatic heterocycles. The van der Waals surface area contributed by atoms with Gasteiger partial charge in [-0.05, 0) is 61.8 Å². The smallest absolute Gasteiger partial charge is 0.425 e. The Morgan fingerprint density at radius 1 is 0.842 bits per heavy atom. The Hall–Kier alpha value is -3.77. The van der Waals surface area contributed by atoms with Crippen LogP contribution in [0.2, 0.25) is 0 Å². The first-order valence-corrected chi connectivity index (χ1v) is 12.4. The number of hydrogen-bond donors (Lipinski definition) is 0. The average Bonchev–Trinajstić information content (AvgIpc) is 3.20. The first-order valence-electron chi connectivity index (χ1n) is 12.4. The van der Waals surface area contributed by atoms with Gasteiger partial charge >= 0.3 is 24.1 Å². The van der Waals surface area contributed by atoms with Crippen molar-refractivity contribution in [2.24, 2.45) is 5.92 Å². The van der Waals surface area contributed by atoms with Gasteiger partial charge in [0.25, 0.3) is 0 Å². The normalized spacial score (nSPS) is 12.7. The van der Waals surface area contributed by atoms with Crippen LogP contribution in [-0.2, 0) is 28.5 Å². The van der Waals surface area contributed by atoms with Crippen molar-refractivity contribution in [2.45, 2.75) is 86.0 Å². The van der Waals surface area contributed by atoms with Gasteiger partial charge in [-0.15, -0.1) is 0 Å². The zero-order chi connectivity index (χ0) is 28.8. The lowest BCUT2D eigenvalue weighted by Gasteiger charge is -2.28. The first kappa shape index (κ1) is 30.5. The number of ether oxygens (including phenoxy) is 4. The molecule has 2 heterocycles. The predicted molar refractivity (Wildman–Crippen MR) is 136 cm³/mol. The highest BCUT2D eigenvalue weighted by molar-refractivity contribution is 6.12. The number of carbonyl (C=O) groups is 4. The number of aromatic nitrogens is 4. The number of nitrogens with zero attached hydrogens (tertiary/aromatic N) is 5. The number of hydrogen-bond acceptors (Lipinski definition) is 11. The van der Waals surface area contributed by atoms with E-state index >= 15 is 0 Å². The molecule has 2 amide bonds. The molecule has 0 N–H and O–H groups in total. The standard InChI is InChI=1S/C25H37N5O8/c1-10-15(16(20(31)35-11-2)21(32)36-12-3)29-14-28-17-18(29)26-13-27-19(17)30(22(33)37-24(4,5)6)23(34)38-25(7,8)9/h13-16H,10-12H2,1-9H3. The largest absolute Gasteiger partial charge is 0.465 e. The number of imide groups is 1. The number of carbonyl (C=O) groups excluding carboxylic acids is 4. The summed E-state index contributed by atoms with van der Waals surface area (Å²) in [6.07, 6.45) is 0.738. The Bertz CT molecular complexity index is 1120. The summed E-state index contributed by atoms with van der Waals surface area (Å²) in [5.41, 5.74) is -1.64. The molecule has 2 rings (SSSR count). The van der Waals surface area contributed by atoms with Crippen molar-refractivity contribution in [3.63, 3.8) is 0 Å². The maximum atomic E-state index is 13.1. The lowest BCUT2D eigenvalue weighted by Crippen LogP contribution is -2.44. The van der Waals surface area contributed by atoms with Crippen molar-refractivity contribution in [1.29, 1.82) is 0 Å². The van der Waals surface area contributed by atoms with E-state index in [1.165, 1.54) is 10.9 Å². The van der Waals surface area contributed by atoms with E-state index in [0.717, 1.165) is 6.33 Å². The fourth-order valence-electron chi connectivity index (χ4n) is 3.58. The summed E-state index contributed by atoms with van der Waals surface area (Å²) in [5.74, 6) is -2.99. The maximum absolute atomic E-state index is 13.1. The van der Waals surface area contributed by atoms with E-state index in [9.17, 15) is 19.2 Å². The van der Waals surface area contributed by atoms with Gasteiger partial charge < -0.3 is 23.5 Å². The van der Waals surface area contributed by atoms with Crippen LogP contribution < -0.4 is 4.90 Å². The third-order valence-electron chi connectivity index (χ3n) is 4.94. The van der Waals surface area contributed by atoms with Crippen molar-refractivity contribution in [3.05, 3.63) is 12.7 Å². The molecule has 1 unspecified atom stereocenters. The average molecular weight is 536 g/mol. The van der Waals surface area contributed by atoms with Crippen LogP contribution >= 0.6 is 0 Å². The molecule has 13 nitrogen and oxygen atoms in total. The minimum absolute atomic E-state index is 0.0501. The van der Waals surface area contributed by atoms with Gasteiger partial charge in [0, 0.05) is 0 Å². The lowest BCUT2D eigenvalue weighted by atomic mass is 9.97. The summed E-state index contributed by atoms with van der Waals surface area (Å²) in [6, 6.07) is -0.794. The Morgan fingerprint density at radius 2 is 1.34 bits per heavy atom. The molecule has 0 bridgehead atoms. The van der Waals surface area contributed by atoms with E-state index in [-0.39, 0.29) is 30.2 Å². The maximum Gasteiger partial charge on any atom is 0.425 e. The quantitative estimate of drug-likeness (QED) is 0.271. The summed E-state index contributed by atoms with van der Waals surface area (Å²) in [5, 5.41) is 0. The molecule has 2 aromatic rings. The third kappa shape index (κ3) is 7.39. The molecule has 0 spiro atoms. The highest BCUT2D eigenvalue weighted by Gasteiger charge is 2.40. The Labute approximate surface area is 221 Å². The number of anilines is 1. The molecule has 13 heteroatoms. The SMILES string of the molecule is CCOC(=O)C(C(=O)OCC)C(CC)n1cnc2c(N(C(=O)OC(C)(C)C)C(=O)OC(C)(C)C)ncnc21. The zero-order valence-corrected chi connectivity index (χ0v) is 23.4. The molecule has 0 aliphatic carbocycles. The van der Waals surface area contributed by atoms with Crippen molar-refractivity contribution in [3.8, 4) is 0 Å². The molecule has 210 valence electrons. The summed E-state index contributed by atoms with van der Waals surface area (Å²) < 4.78 is 22.7. The molecular formula is C25H37N5O8. The molecule has 0 aromatic carbocycles. The highest BCUT2D eigenvalue weighted by Crippen LogP contribution is 2.31. The molecular weight excluding hydrogens is 498 g/mol. The Kier molecular flexibility index (Phi) is 9.76. The van der Waals surface area contributed by atoms with E-state index in [1.54, 1.807) is 62.3 Å². The number of imidazole rings is 1. The van der Waals surface area contributed by atoms with Crippen LogP contribution in [0.1, 0.15) is 74.8 Å². The highest BCUT2D eigenvalue weighted by atomic mass is 16.6. The summed E-state index contributed by atoms with van der Waals surface area (Å²) in [4.78, 5) is 65.3. The third-order valence-corrected chi connectivity index (χ3v) is 4.94. The van der Waals surface area contributed by atoms with E-state index < -0.39 is 47.3 Å². The van der Waals surface area contributed by atoms with Gasteiger partial charge in [0.1, 0.15) is 17.5 Å². The van der Waals surface area contributed by atoms with Crippen LogP contribution in [0.3, 0.4) is 0 Å². The molecule has 0 saturated carbocycles. The van der Waals surface area contributed by atoms with E-state index in [0.29, 0.717) is 11.3 Å². The fourth-order valence-corrected chi connectivity index (χ4v) is 3.58. The number of rotatable bonds is 8. The second-order valence-corrected chi connectivity index (χ2v) is 10.3. The topological polar surface area (TPSA) is 152 Å². The van der Waals surface area contributed by atoms with E-state index in [2.05, 4.69) is 15.0 Å². The van der Waals surface area contributed by atoms with Crippen LogP contribution in [0.25, 0.3) is 11.2 Å². The lowest BCUT2D eigenvalue weighted by molar-refractivity contribution is -0.164. The summed E-state index contributed by atoms with van der Waals surface area (Å²) in [7, 11) is 0. The molecule has 0 saturated heterocycles. The van der Waals surface area contributed by atoms with Crippen LogP contribution in [0.4, 0.5) is 15.4 Å². The van der Waals surface area contributed by atoms with Gasteiger partial charge in [0.05, 0.1) is 25.6 Å². The minimum atomic E-state index is -1.30. The first-order chi connectivity index (χ1) is 17.6. The van der Waals surface area contributed by atoms with Crippen molar-refractivity contribution >= 4 is 41.1 Å². The van der Waals surface area contributed by atoms with Crippen LogP contribution in [0.15, 0.2) is 12.7 Å². The predicted octanol–water partition coefficient (Wildman–Crippen LogP) is 4.20. The number of fused-ring (bicyclic) bond motifs is 1. The fraction of sp³-hybridized carbons (Fsp3) is 0.640. The molecule has 38 heavy (non-hydrogen) atoms. The van der Waals surface area contributed by atoms with Crippen molar-refractivity contribution in [1.82, 2.24) is 19.5 Å². The van der Waals surface area contributed by atoms with Gasteiger partial charge in [0.15, 0.2) is 22.9 Å². The van der Waals surface area contributed by atoms with Gasteiger partial charge in [-0.25, -0.2) is 24.5 Å². The van der Waals surface area contributed by atoms with E-state index in [4.69, 9.17) is 18.9 Å². The second-order valence-electron chi connectivity index (χ2n) is 10.3. The molecule has 0 radical (unpaired) electrons. The van der Waals surface area contributed by atoms with E-state index in [1.807, 2.05) is 0 Å². The van der Waals surface area contributed by atoms with Gasteiger partial charge in [-0.3, -0.25) is 9.59 Å². The second kappa shape index (κ2) is 12.2. The van der Waals surface area contributed by atoms with Gasteiger partial charge in [0.2, 0.25) is 0 Å². The Morgan fingerprint density at radius 3 is 1.76 bits per heavy atom. The van der Waals surface area contributed by atoms with Gasteiger partial charge in [-0.1, -0.05) is 6.92 Å². The molecule has 0 aliphatic heterocycles. The number of amides is 2. The van der Waals surface area contributed by atoms with Crippen molar-refractivity contribution in [2.75, 3.05) is 18.1 Å². The van der Waals surface area contributed by atoms with Gasteiger partial charge in [-0.2, -0.15) is 4.90 Å². The zero-order valence-electron chi connectivity index (χ0n) is 23.4. The number of esters is 2. The van der Waals surface area contributed by atoms with Crippen LogP contribution in [0.5, 0.6) is 0 Å². The monoisotopic (exact) mass is 535 g/mol. The summed E-state index contributed by atoms with van der Waals surface area (Å²) >= 11 is 0. The summed E-state index contributed by atoms with van der Waals surface area (Å²) in [6.45, 7) is 15.1. The Balaban J connectivity index is 2.69. The van der Waals surface area contributed by atoms with Crippen LogP contribution in [0, 0.1) is 5.92 Å². The van der Waals surface area contributed by atoms with Crippen molar-refractivity contribution < 1.29 is 38.1 Å². The molecule has 0 fully saturated rings.